The highest BCUT2D eigenvalue weighted by molar-refractivity contribution is 14.1. The minimum absolute atomic E-state index is 0.0479. The lowest BCUT2D eigenvalue weighted by molar-refractivity contribution is 0.174. The first-order valence-electron chi connectivity index (χ1n) is 7.89. The first-order chi connectivity index (χ1) is 12.6. The minimum atomic E-state index is -0.848. The van der Waals surface area contributed by atoms with Crippen molar-refractivity contribution in [2.45, 2.75) is 19.4 Å². The van der Waals surface area contributed by atoms with Crippen LogP contribution in [0.1, 0.15) is 17.8 Å². The van der Waals surface area contributed by atoms with Crippen LogP contribution >= 0.6 is 38.5 Å². The summed E-state index contributed by atoms with van der Waals surface area (Å²) < 4.78 is 27.5. The predicted octanol–water partition coefficient (Wildman–Crippen LogP) is 3.26. The average molecular weight is 534 g/mol. The second kappa shape index (κ2) is 7.14. The van der Waals surface area contributed by atoms with Gasteiger partial charge in [-0.1, -0.05) is 15.9 Å². The van der Waals surface area contributed by atoms with Gasteiger partial charge in [-0.05, 0) is 46.7 Å². The van der Waals surface area contributed by atoms with E-state index in [1.54, 1.807) is 0 Å². The fourth-order valence-corrected chi connectivity index (χ4v) is 3.77. The van der Waals surface area contributed by atoms with Crippen LogP contribution in [0.15, 0.2) is 12.1 Å². The Hall–Kier alpha value is -1.69. The maximum atomic E-state index is 13.7. The molecule has 0 aliphatic carbocycles. The zero-order valence-corrected chi connectivity index (χ0v) is 17.3. The highest BCUT2D eigenvalue weighted by atomic mass is 127. The van der Waals surface area contributed by atoms with Gasteiger partial charge in [-0.25, -0.2) is 4.98 Å². The minimum Gasteiger partial charge on any atom is -0.454 e. The first kappa shape index (κ1) is 17.7. The lowest BCUT2D eigenvalue weighted by Gasteiger charge is -2.10. The van der Waals surface area contributed by atoms with Crippen molar-refractivity contribution >= 4 is 55.5 Å². The molecule has 0 bridgehead atoms. The highest BCUT2D eigenvalue weighted by Gasteiger charge is 2.20. The molecule has 0 spiro atoms. The average Bonchev–Trinajstić information content (AvgIpc) is 3.18. The van der Waals surface area contributed by atoms with Gasteiger partial charge in [-0.3, -0.25) is 0 Å². The summed E-state index contributed by atoms with van der Waals surface area (Å²) in [5, 5.41) is 0.816. The van der Waals surface area contributed by atoms with E-state index in [2.05, 4.69) is 53.5 Å². The third kappa shape index (κ3) is 3.20. The zero-order valence-electron chi connectivity index (χ0n) is 13.5. The van der Waals surface area contributed by atoms with Crippen LogP contribution in [-0.2, 0) is 13.0 Å². The fourth-order valence-electron chi connectivity index (χ4n) is 2.89. The lowest BCUT2D eigenvalue weighted by Crippen LogP contribution is -2.07. The zero-order chi connectivity index (χ0) is 18.3. The molecule has 0 unspecified atom stereocenters. The van der Waals surface area contributed by atoms with Gasteiger partial charge in [0, 0.05) is 21.9 Å². The van der Waals surface area contributed by atoms with E-state index in [0.29, 0.717) is 29.9 Å². The molecule has 0 radical (unpaired) electrons. The summed E-state index contributed by atoms with van der Waals surface area (Å²) in [6.45, 7) is 0.873. The molecule has 1 aliphatic heterocycles. The Morgan fingerprint density at radius 2 is 2.00 bits per heavy atom. The summed E-state index contributed by atoms with van der Waals surface area (Å²) >= 11 is 5.69. The van der Waals surface area contributed by atoms with Crippen LogP contribution in [0.4, 0.5) is 10.2 Å². The molecule has 0 saturated heterocycles. The molecule has 0 atom stereocenters. The van der Waals surface area contributed by atoms with Gasteiger partial charge in [0.05, 0.1) is 0 Å². The summed E-state index contributed by atoms with van der Waals surface area (Å²) in [6.07, 6.45) is 0.538. The van der Waals surface area contributed by atoms with Crippen LogP contribution in [0.3, 0.4) is 0 Å². The number of nitrogens with zero attached hydrogens (tertiary/aromatic N) is 4. The summed E-state index contributed by atoms with van der Waals surface area (Å²) in [7, 11) is 0. The number of nitrogens with two attached hydrogens (primary N) is 1. The summed E-state index contributed by atoms with van der Waals surface area (Å²) in [5.74, 6) is 2.26. The van der Waals surface area contributed by atoms with Crippen molar-refractivity contribution < 1.29 is 13.9 Å². The topological polar surface area (TPSA) is 88.1 Å². The number of halogens is 3. The van der Waals surface area contributed by atoms with Gasteiger partial charge in [-0.15, -0.1) is 0 Å². The molecule has 3 aromatic rings. The number of nitrogen functional groups attached to an aromatic ring is 1. The number of fused-ring (bicyclic) bond motifs is 2. The molecule has 136 valence electrons. The van der Waals surface area contributed by atoms with Gasteiger partial charge in [0.2, 0.25) is 6.79 Å². The van der Waals surface area contributed by atoms with E-state index >= 15 is 0 Å². The van der Waals surface area contributed by atoms with Crippen molar-refractivity contribution in [3.05, 3.63) is 33.2 Å². The number of hydrogen-bond donors (Lipinski definition) is 1. The van der Waals surface area contributed by atoms with Crippen molar-refractivity contribution in [2.75, 3.05) is 17.9 Å². The van der Waals surface area contributed by atoms with Gasteiger partial charge < -0.3 is 19.8 Å². The third-order valence-corrected chi connectivity index (χ3v) is 5.64. The van der Waals surface area contributed by atoms with E-state index in [4.69, 9.17) is 15.2 Å². The van der Waals surface area contributed by atoms with Crippen LogP contribution in [0, 0.1) is 9.65 Å². The van der Waals surface area contributed by atoms with E-state index in [9.17, 15) is 4.39 Å². The molecule has 4 rings (SSSR count). The molecule has 1 aromatic carbocycles. The summed E-state index contributed by atoms with van der Waals surface area (Å²) in [4.78, 5) is 12.1. The smallest absolute Gasteiger partial charge is 0.312 e. The number of alkyl halides is 1. The number of hydrogen-bond acceptors (Lipinski definition) is 6. The maximum absolute atomic E-state index is 13.7. The number of anilines is 1. The molecule has 1 aliphatic rings. The number of benzene rings is 1. The number of rotatable bonds is 5. The van der Waals surface area contributed by atoms with Crippen LogP contribution in [0.25, 0.3) is 11.2 Å². The fraction of sp³-hybridized carbons (Fsp3) is 0.312. The molecule has 26 heavy (non-hydrogen) atoms. The quantitative estimate of drug-likeness (QED) is 0.308. The summed E-state index contributed by atoms with van der Waals surface area (Å²) in [5.41, 5.74) is 7.73. The van der Waals surface area contributed by atoms with E-state index in [1.165, 1.54) is 0 Å². The Kier molecular flexibility index (Phi) is 4.86. The van der Waals surface area contributed by atoms with Gasteiger partial charge in [0.25, 0.3) is 0 Å². The number of aromatic nitrogens is 4. The third-order valence-electron chi connectivity index (χ3n) is 4.08. The maximum Gasteiger partial charge on any atom is 0.312 e. The standard InChI is InChI=1S/C16H14BrFIN5O2/c17-2-1-3-24-12(21-13-14(20)22-16(18)23-15(13)24)5-8-4-10-11(6-9(8)19)26-7-25-10/h4,6H,1-3,5,7H2,(H2,20,22,23). The molecule has 0 amide bonds. The van der Waals surface area contributed by atoms with E-state index in [1.807, 2.05) is 16.7 Å². The first-order valence-corrected chi connectivity index (χ1v) is 10.1. The summed E-state index contributed by atoms with van der Waals surface area (Å²) in [6, 6.07) is 3.89. The normalized spacial score (nSPS) is 12.9. The Morgan fingerprint density at radius 3 is 2.77 bits per heavy atom. The predicted molar refractivity (Wildman–Crippen MR) is 106 cm³/mol. The van der Waals surface area contributed by atoms with Gasteiger partial charge in [0.15, 0.2) is 28.5 Å². The Morgan fingerprint density at radius 1 is 1.23 bits per heavy atom. The Bertz CT molecular complexity index is 997. The van der Waals surface area contributed by atoms with E-state index < -0.39 is 6.08 Å². The molecule has 0 fully saturated rings. The van der Waals surface area contributed by atoms with Gasteiger partial charge >= 0.3 is 6.08 Å². The lowest BCUT2D eigenvalue weighted by atomic mass is 10.1. The molecular weight excluding hydrogens is 520 g/mol. The molecule has 0 saturated carbocycles. The molecule has 3 heterocycles. The molecule has 2 N–H and O–H groups in total. The van der Waals surface area contributed by atoms with Crippen molar-refractivity contribution in [1.29, 1.82) is 0 Å². The van der Waals surface area contributed by atoms with Crippen LogP contribution < -0.4 is 15.2 Å². The van der Waals surface area contributed by atoms with E-state index in [0.717, 1.165) is 32.5 Å². The van der Waals surface area contributed by atoms with Gasteiger partial charge in [-0.2, -0.15) is 14.4 Å². The van der Waals surface area contributed by atoms with Crippen molar-refractivity contribution in [1.82, 2.24) is 19.5 Å². The van der Waals surface area contributed by atoms with Crippen LogP contribution in [-0.4, -0.2) is 31.6 Å². The highest BCUT2D eigenvalue weighted by Crippen LogP contribution is 2.36. The SMILES string of the molecule is Nc1nc(F)nc2c1nc(Cc1cc3c(cc1I)OCO3)n2CCCBr. The number of imidazole rings is 1. The molecule has 2 aromatic heterocycles. The van der Waals surface area contributed by atoms with Crippen LogP contribution in [0.2, 0.25) is 0 Å². The van der Waals surface area contributed by atoms with Crippen molar-refractivity contribution in [3.63, 3.8) is 0 Å². The van der Waals surface area contributed by atoms with Gasteiger partial charge in [0.1, 0.15) is 5.82 Å². The largest absolute Gasteiger partial charge is 0.454 e. The van der Waals surface area contributed by atoms with Crippen molar-refractivity contribution in [3.8, 4) is 11.5 Å². The second-order valence-corrected chi connectivity index (χ2v) is 7.70. The number of aryl methyl sites for hydroxylation is 1. The molecular formula is C16H14BrFIN5O2. The molecule has 10 heteroatoms. The van der Waals surface area contributed by atoms with E-state index in [-0.39, 0.29) is 12.6 Å². The second-order valence-electron chi connectivity index (χ2n) is 5.75. The number of ether oxygens (including phenoxy) is 2. The van der Waals surface area contributed by atoms with Crippen molar-refractivity contribution in [2.24, 2.45) is 0 Å². The Labute approximate surface area is 170 Å². The molecule has 7 nitrogen and oxygen atoms in total. The Balaban J connectivity index is 1.79. The van der Waals surface area contributed by atoms with Crippen LogP contribution in [0.5, 0.6) is 11.5 Å². The monoisotopic (exact) mass is 533 g/mol.